The first-order valence-corrected chi connectivity index (χ1v) is 14.4. The first-order chi connectivity index (χ1) is 17.9. The number of carbonyl (C=O) groups excluding carboxylic acids is 1. The van der Waals surface area contributed by atoms with Gasteiger partial charge in [-0.25, -0.2) is 8.78 Å². The standard InChI is InChI=1S/C27H32ClF2N3O4S/c1-14-9-21(38-4)19(25(35)32-14)13-31-24(34)18-10-20(28)23-22(15(18)2)36-26(3,37-23)16-5-7-33(8-6-16)17-11-27(29,30)12-17/h9-10,16-17H,5-8,11-13H2,1-4H3,(H,31,34)(H,32,35)/t26-/m0/s1. The van der Waals surface area contributed by atoms with E-state index in [9.17, 15) is 18.4 Å². The number of thioether (sulfide) groups is 1. The van der Waals surface area contributed by atoms with Crippen molar-refractivity contribution in [2.24, 2.45) is 5.92 Å². The molecule has 2 aromatic rings. The predicted octanol–water partition coefficient (Wildman–Crippen LogP) is 5.29. The molecule has 38 heavy (non-hydrogen) atoms. The number of hydrogen-bond acceptors (Lipinski definition) is 6. The van der Waals surface area contributed by atoms with Crippen molar-refractivity contribution in [2.75, 3.05) is 19.3 Å². The average Bonchev–Trinajstić information content (AvgIpc) is 3.23. The summed E-state index contributed by atoms with van der Waals surface area (Å²) >= 11 is 8.01. The van der Waals surface area contributed by atoms with Crippen molar-refractivity contribution in [2.45, 2.75) is 75.6 Å². The van der Waals surface area contributed by atoms with Crippen molar-refractivity contribution in [3.05, 3.63) is 49.9 Å². The number of H-pyrrole nitrogens is 1. The number of aromatic nitrogens is 1. The predicted molar refractivity (Wildman–Crippen MR) is 143 cm³/mol. The fraction of sp³-hybridized carbons (Fsp3) is 0.556. The zero-order chi connectivity index (χ0) is 27.4. The summed E-state index contributed by atoms with van der Waals surface area (Å²) in [6, 6.07) is 3.39. The summed E-state index contributed by atoms with van der Waals surface area (Å²) < 4.78 is 39.3. The topological polar surface area (TPSA) is 83.7 Å². The van der Waals surface area contributed by atoms with Crippen molar-refractivity contribution >= 4 is 29.3 Å². The number of benzene rings is 1. The van der Waals surface area contributed by atoms with E-state index in [0.717, 1.165) is 23.4 Å². The highest BCUT2D eigenvalue weighted by atomic mass is 35.5. The number of alkyl halides is 2. The van der Waals surface area contributed by atoms with Gasteiger partial charge in [-0.1, -0.05) is 11.6 Å². The SMILES string of the molecule is CSc1cc(C)[nH]c(=O)c1CNC(=O)c1cc(Cl)c2c(c1C)O[C@](C)(C1CCN(C3CC(F)(F)C3)CC1)O2. The number of likely N-dealkylation sites (tertiary alicyclic amines) is 1. The molecule has 1 amide bonds. The van der Waals surface area contributed by atoms with E-state index in [4.69, 9.17) is 21.1 Å². The van der Waals surface area contributed by atoms with Gasteiger partial charge in [-0.05, 0) is 58.2 Å². The monoisotopic (exact) mass is 567 g/mol. The molecule has 206 valence electrons. The fourth-order valence-electron chi connectivity index (χ4n) is 5.72. The summed E-state index contributed by atoms with van der Waals surface area (Å²) in [5, 5.41) is 3.11. The van der Waals surface area contributed by atoms with E-state index in [1.54, 1.807) is 13.0 Å². The van der Waals surface area contributed by atoms with Crippen LogP contribution in [0.15, 0.2) is 21.8 Å². The van der Waals surface area contributed by atoms with Gasteiger partial charge >= 0.3 is 0 Å². The molecule has 1 atom stereocenters. The minimum atomic E-state index is -2.53. The number of rotatable bonds is 6. The first kappa shape index (κ1) is 27.3. The van der Waals surface area contributed by atoms with Crippen LogP contribution in [0.5, 0.6) is 11.5 Å². The summed E-state index contributed by atoms with van der Waals surface area (Å²) in [5.41, 5.74) is 1.96. The van der Waals surface area contributed by atoms with E-state index in [1.807, 2.05) is 26.2 Å². The van der Waals surface area contributed by atoms with Gasteiger partial charge in [0.05, 0.1) is 5.02 Å². The van der Waals surface area contributed by atoms with Gasteiger partial charge < -0.3 is 19.8 Å². The van der Waals surface area contributed by atoms with Gasteiger partial charge in [0, 0.05) is 65.5 Å². The summed E-state index contributed by atoms with van der Waals surface area (Å²) in [7, 11) is 0. The van der Waals surface area contributed by atoms with Crippen LogP contribution >= 0.6 is 23.4 Å². The van der Waals surface area contributed by atoms with Crippen LogP contribution in [-0.2, 0) is 6.54 Å². The van der Waals surface area contributed by atoms with Crippen LogP contribution in [0.4, 0.5) is 8.78 Å². The fourth-order valence-corrected chi connectivity index (χ4v) is 6.66. The number of piperidine rings is 1. The lowest BCUT2D eigenvalue weighted by molar-refractivity contribution is -0.151. The Morgan fingerprint density at radius 1 is 1.21 bits per heavy atom. The molecule has 11 heteroatoms. The maximum absolute atomic E-state index is 13.3. The van der Waals surface area contributed by atoms with E-state index >= 15 is 0 Å². The molecule has 2 fully saturated rings. The second kappa shape index (κ2) is 10.0. The number of amides is 1. The molecule has 7 nitrogen and oxygen atoms in total. The van der Waals surface area contributed by atoms with Gasteiger partial charge in [0.1, 0.15) is 0 Å². The molecule has 1 aliphatic carbocycles. The summed E-state index contributed by atoms with van der Waals surface area (Å²) in [6.07, 6.45) is 3.25. The van der Waals surface area contributed by atoms with Crippen molar-refractivity contribution in [1.82, 2.24) is 15.2 Å². The van der Waals surface area contributed by atoms with Crippen molar-refractivity contribution < 1.29 is 23.0 Å². The molecule has 2 N–H and O–H groups in total. The van der Waals surface area contributed by atoms with Gasteiger partial charge in [-0.3, -0.25) is 14.5 Å². The van der Waals surface area contributed by atoms with Crippen LogP contribution in [0.25, 0.3) is 0 Å². The molecular formula is C27H32ClF2N3O4S. The molecule has 1 saturated carbocycles. The smallest absolute Gasteiger partial charge is 0.254 e. The molecule has 1 aromatic heterocycles. The number of carbonyl (C=O) groups is 1. The molecular weight excluding hydrogens is 536 g/mol. The molecule has 0 spiro atoms. The minimum absolute atomic E-state index is 0.0395. The van der Waals surface area contributed by atoms with Crippen LogP contribution in [0.3, 0.4) is 0 Å². The van der Waals surface area contributed by atoms with Crippen molar-refractivity contribution in [3.63, 3.8) is 0 Å². The van der Waals surface area contributed by atoms with E-state index in [2.05, 4.69) is 15.2 Å². The minimum Gasteiger partial charge on any atom is -0.448 e. The lowest BCUT2D eigenvalue weighted by Crippen LogP contribution is -2.55. The maximum Gasteiger partial charge on any atom is 0.254 e. The normalized spacial score (nSPS) is 23.3. The Labute approximate surface area is 229 Å². The van der Waals surface area contributed by atoms with Crippen molar-refractivity contribution in [3.8, 4) is 11.5 Å². The molecule has 5 rings (SSSR count). The van der Waals surface area contributed by atoms with Crippen LogP contribution in [-0.4, -0.2) is 52.9 Å². The number of hydrogen-bond donors (Lipinski definition) is 2. The summed E-state index contributed by atoms with van der Waals surface area (Å²) in [6.45, 7) is 6.95. The molecule has 3 aliphatic rings. The third-order valence-electron chi connectivity index (χ3n) is 8.02. The highest BCUT2D eigenvalue weighted by Gasteiger charge is 2.51. The molecule has 1 aromatic carbocycles. The lowest BCUT2D eigenvalue weighted by Gasteiger charge is -2.46. The highest BCUT2D eigenvalue weighted by Crippen LogP contribution is 2.51. The van der Waals surface area contributed by atoms with Gasteiger partial charge in [0.25, 0.3) is 23.2 Å². The number of aryl methyl sites for hydroxylation is 1. The molecule has 1 saturated heterocycles. The Morgan fingerprint density at radius 2 is 1.87 bits per heavy atom. The van der Waals surface area contributed by atoms with Gasteiger partial charge in [-0.15, -0.1) is 11.8 Å². The van der Waals surface area contributed by atoms with E-state index < -0.39 is 11.7 Å². The van der Waals surface area contributed by atoms with Gasteiger partial charge in [0.2, 0.25) is 0 Å². The average molecular weight is 568 g/mol. The van der Waals surface area contributed by atoms with Crippen LogP contribution in [0, 0.1) is 19.8 Å². The Hall–Kier alpha value is -2.30. The number of fused-ring (bicyclic) bond motifs is 1. The Morgan fingerprint density at radius 3 is 2.50 bits per heavy atom. The zero-order valence-electron chi connectivity index (χ0n) is 21.9. The number of ether oxygens (including phenoxy) is 2. The third-order valence-corrected chi connectivity index (χ3v) is 9.11. The van der Waals surface area contributed by atoms with Gasteiger partial charge in [0.15, 0.2) is 11.5 Å². The summed E-state index contributed by atoms with van der Waals surface area (Å²) in [4.78, 5) is 31.3. The number of nitrogens with zero attached hydrogens (tertiary/aromatic N) is 1. The van der Waals surface area contributed by atoms with E-state index in [0.29, 0.717) is 41.3 Å². The van der Waals surface area contributed by atoms with E-state index in [-0.39, 0.29) is 47.8 Å². The van der Waals surface area contributed by atoms with E-state index in [1.165, 1.54) is 11.8 Å². The Balaban J connectivity index is 1.28. The van der Waals surface area contributed by atoms with Crippen LogP contribution < -0.4 is 20.3 Å². The second-order valence-electron chi connectivity index (χ2n) is 10.6. The number of halogens is 3. The molecule has 0 unspecified atom stereocenters. The van der Waals surface area contributed by atoms with Crippen LogP contribution in [0.2, 0.25) is 5.02 Å². The number of nitrogens with one attached hydrogen (secondary N) is 2. The second-order valence-corrected chi connectivity index (χ2v) is 11.9. The summed E-state index contributed by atoms with van der Waals surface area (Å²) in [5.74, 6) is -2.99. The number of aromatic amines is 1. The number of pyridine rings is 1. The zero-order valence-corrected chi connectivity index (χ0v) is 23.5. The molecule has 0 bridgehead atoms. The van der Waals surface area contributed by atoms with Crippen molar-refractivity contribution in [1.29, 1.82) is 0 Å². The maximum atomic E-state index is 13.3. The molecule has 3 heterocycles. The highest BCUT2D eigenvalue weighted by molar-refractivity contribution is 7.98. The largest absolute Gasteiger partial charge is 0.448 e. The Kier molecular flexibility index (Phi) is 7.19. The molecule has 0 radical (unpaired) electrons. The van der Waals surface area contributed by atoms with Crippen LogP contribution in [0.1, 0.15) is 59.8 Å². The van der Waals surface area contributed by atoms with Gasteiger partial charge in [-0.2, -0.15) is 0 Å². The lowest BCUT2D eigenvalue weighted by atomic mass is 9.83. The third kappa shape index (κ3) is 5.02. The molecule has 2 aliphatic heterocycles. The Bertz CT molecular complexity index is 1320. The quantitative estimate of drug-likeness (QED) is 0.461. The first-order valence-electron chi connectivity index (χ1n) is 12.8.